The minimum atomic E-state index is -4.16. The second-order valence-electron chi connectivity index (χ2n) is 3.96. The highest BCUT2D eigenvalue weighted by Gasteiger charge is 2.30. The van der Waals surface area contributed by atoms with Gasteiger partial charge in [0.25, 0.3) is 0 Å². The summed E-state index contributed by atoms with van der Waals surface area (Å²) < 4.78 is 38.0. The minimum absolute atomic E-state index is 0.0942. The highest BCUT2D eigenvalue weighted by atomic mass is 19.4. The Labute approximate surface area is 85.9 Å². The van der Waals surface area contributed by atoms with E-state index >= 15 is 0 Å². The van der Waals surface area contributed by atoms with Crippen LogP contribution in [-0.4, -0.2) is 10.7 Å². The van der Waals surface area contributed by atoms with Gasteiger partial charge in [0, 0.05) is 17.9 Å². The van der Waals surface area contributed by atoms with Crippen molar-refractivity contribution in [1.29, 1.82) is 0 Å². The lowest BCUT2D eigenvalue weighted by Gasteiger charge is -2.21. The molecule has 1 unspecified atom stereocenters. The standard InChI is InChI=1S/C10H13F3N2/c11-10(12,13)6-15-5-4-7-8(14)2-1-3-9(7)15/h4-5,8H,1-3,6,14H2. The summed E-state index contributed by atoms with van der Waals surface area (Å²) in [6.07, 6.45) is -0.233. The van der Waals surface area contributed by atoms with Gasteiger partial charge in [0.05, 0.1) is 0 Å². The van der Waals surface area contributed by atoms with Crippen LogP contribution < -0.4 is 5.73 Å². The Morgan fingerprint density at radius 1 is 1.47 bits per heavy atom. The Morgan fingerprint density at radius 3 is 2.87 bits per heavy atom. The van der Waals surface area contributed by atoms with Gasteiger partial charge < -0.3 is 10.3 Å². The van der Waals surface area contributed by atoms with Gasteiger partial charge in [-0.25, -0.2) is 0 Å². The summed E-state index contributed by atoms with van der Waals surface area (Å²) in [5.74, 6) is 0. The Balaban J connectivity index is 2.27. The third kappa shape index (κ3) is 2.17. The predicted molar refractivity (Wildman–Crippen MR) is 50.4 cm³/mol. The van der Waals surface area contributed by atoms with Gasteiger partial charge in [-0.15, -0.1) is 0 Å². The van der Waals surface area contributed by atoms with Crippen LogP contribution in [0.5, 0.6) is 0 Å². The lowest BCUT2D eigenvalue weighted by Crippen LogP contribution is -2.22. The van der Waals surface area contributed by atoms with Crippen LogP contribution in [0.15, 0.2) is 12.3 Å². The van der Waals surface area contributed by atoms with E-state index < -0.39 is 12.7 Å². The highest BCUT2D eigenvalue weighted by molar-refractivity contribution is 5.28. The molecule has 1 heterocycles. The zero-order valence-electron chi connectivity index (χ0n) is 8.22. The maximum Gasteiger partial charge on any atom is 0.406 e. The van der Waals surface area contributed by atoms with E-state index in [0.29, 0.717) is 6.42 Å². The van der Waals surface area contributed by atoms with Crippen LogP contribution in [0.25, 0.3) is 0 Å². The van der Waals surface area contributed by atoms with E-state index in [1.165, 1.54) is 10.8 Å². The summed E-state index contributed by atoms with van der Waals surface area (Å²) in [6, 6.07) is 1.62. The molecule has 0 amide bonds. The monoisotopic (exact) mass is 218 g/mol. The first-order chi connectivity index (χ1) is 6.97. The number of rotatable bonds is 1. The normalized spacial score (nSPS) is 21.5. The Hall–Kier alpha value is -0.970. The van der Waals surface area contributed by atoms with Gasteiger partial charge in [-0.2, -0.15) is 13.2 Å². The third-order valence-corrected chi connectivity index (χ3v) is 2.79. The van der Waals surface area contributed by atoms with E-state index in [9.17, 15) is 13.2 Å². The second-order valence-corrected chi connectivity index (χ2v) is 3.96. The smallest absolute Gasteiger partial charge is 0.342 e. The number of nitrogens with zero attached hydrogens (tertiary/aromatic N) is 1. The largest absolute Gasteiger partial charge is 0.406 e. The van der Waals surface area contributed by atoms with Crippen molar-refractivity contribution in [2.24, 2.45) is 5.73 Å². The molecule has 0 saturated carbocycles. The zero-order chi connectivity index (χ0) is 11.1. The average Bonchev–Trinajstić information content (AvgIpc) is 2.48. The van der Waals surface area contributed by atoms with Gasteiger partial charge >= 0.3 is 6.18 Å². The van der Waals surface area contributed by atoms with E-state index in [0.717, 1.165) is 24.1 Å². The van der Waals surface area contributed by atoms with Crippen molar-refractivity contribution in [2.45, 2.75) is 38.0 Å². The number of hydrogen-bond donors (Lipinski definition) is 1. The van der Waals surface area contributed by atoms with Crippen molar-refractivity contribution >= 4 is 0 Å². The van der Waals surface area contributed by atoms with Crippen LogP contribution in [0.2, 0.25) is 0 Å². The van der Waals surface area contributed by atoms with Crippen molar-refractivity contribution in [1.82, 2.24) is 4.57 Å². The van der Waals surface area contributed by atoms with Crippen molar-refractivity contribution in [3.63, 3.8) is 0 Å². The summed E-state index contributed by atoms with van der Waals surface area (Å²) >= 11 is 0. The molecule has 1 aromatic rings. The number of halogens is 3. The molecule has 0 fully saturated rings. The molecule has 2 rings (SSSR count). The number of hydrogen-bond acceptors (Lipinski definition) is 1. The highest BCUT2D eigenvalue weighted by Crippen LogP contribution is 2.30. The molecule has 1 aliphatic rings. The molecule has 0 bridgehead atoms. The Bertz CT molecular complexity index is 354. The van der Waals surface area contributed by atoms with E-state index in [4.69, 9.17) is 5.73 Å². The SMILES string of the molecule is NC1CCCc2c1ccn2CC(F)(F)F. The first kappa shape index (κ1) is 10.5. The van der Waals surface area contributed by atoms with Gasteiger partial charge in [0.1, 0.15) is 6.54 Å². The van der Waals surface area contributed by atoms with Crippen LogP contribution >= 0.6 is 0 Å². The van der Waals surface area contributed by atoms with Gasteiger partial charge in [0.2, 0.25) is 0 Å². The molecule has 15 heavy (non-hydrogen) atoms. The number of alkyl halides is 3. The van der Waals surface area contributed by atoms with Crippen LogP contribution in [0.3, 0.4) is 0 Å². The first-order valence-electron chi connectivity index (χ1n) is 4.97. The molecular formula is C10H13F3N2. The van der Waals surface area contributed by atoms with Gasteiger partial charge in [-0.1, -0.05) is 0 Å². The van der Waals surface area contributed by atoms with Crippen molar-refractivity contribution in [2.75, 3.05) is 0 Å². The van der Waals surface area contributed by atoms with Crippen LogP contribution in [-0.2, 0) is 13.0 Å². The molecule has 1 atom stereocenters. The van der Waals surface area contributed by atoms with E-state index in [1.54, 1.807) is 6.07 Å². The summed E-state index contributed by atoms with van der Waals surface area (Å²) in [5.41, 5.74) is 7.46. The topological polar surface area (TPSA) is 30.9 Å². The summed E-state index contributed by atoms with van der Waals surface area (Å²) in [4.78, 5) is 0. The molecule has 2 nitrogen and oxygen atoms in total. The van der Waals surface area contributed by atoms with Gasteiger partial charge in [-0.05, 0) is 30.9 Å². The van der Waals surface area contributed by atoms with Crippen molar-refractivity contribution in [3.05, 3.63) is 23.5 Å². The van der Waals surface area contributed by atoms with Gasteiger partial charge in [0.15, 0.2) is 0 Å². The van der Waals surface area contributed by atoms with Gasteiger partial charge in [-0.3, -0.25) is 0 Å². The molecule has 2 N–H and O–H groups in total. The third-order valence-electron chi connectivity index (χ3n) is 2.79. The Kier molecular flexibility index (Phi) is 2.50. The maximum atomic E-state index is 12.2. The fourth-order valence-electron chi connectivity index (χ4n) is 2.13. The molecule has 1 aromatic heterocycles. The summed E-state index contributed by atoms with van der Waals surface area (Å²) in [5, 5.41) is 0. The quantitative estimate of drug-likeness (QED) is 0.770. The Morgan fingerprint density at radius 2 is 2.20 bits per heavy atom. The fourth-order valence-corrected chi connectivity index (χ4v) is 2.13. The summed E-state index contributed by atoms with van der Waals surface area (Å²) in [7, 11) is 0. The lowest BCUT2D eigenvalue weighted by molar-refractivity contribution is -0.141. The zero-order valence-corrected chi connectivity index (χ0v) is 8.22. The maximum absolute atomic E-state index is 12.2. The molecular weight excluding hydrogens is 205 g/mol. The molecule has 0 radical (unpaired) electrons. The predicted octanol–water partition coefficient (Wildman–Crippen LogP) is 2.39. The van der Waals surface area contributed by atoms with E-state index in [-0.39, 0.29) is 6.04 Å². The molecule has 0 aliphatic heterocycles. The fraction of sp³-hybridized carbons (Fsp3) is 0.600. The second kappa shape index (κ2) is 3.56. The van der Waals surface area contributed by atoms with Crippen molar-refractivity contribution < 1.29 is 13.2 Å². The van der Waals surface area contributed by atoms with Crippen LogP contribution in [0.4, 0.5) is 13.2 Å². The van der Waals surface area contributed by atoms with Crippen LogP contribution in [0, 0.1) is 0 Å². The minimum Gasteiger partial charge on any atom is -0.342 e. The first-order valence-corrected chi connectivity index (χ1v) is 4.97. The molecule has 5 heteroatoms. The molecule has 84 valence electrons. The average molecular weight is 218 g/mol. The number of aromatic nitrogens is 1. The number of nitrogens with two attached hydrogens (primary N) is 1. The van der Waals surface area contributed by atoms with Crippen molar-refractivity contribution in [3.8, 4) is 0 Å². The van der Waals surface area contributed by atoms with E-state index in [1.807, 2.05) is 0 Å². The molecule has 0 spiro atoms. The lowest BCUT2D eigenvalue weighted by atomic mass is 9.94. The molecule has 0 aromatic carbocycles. The molecule has 0 saturated heterocycles. The van der Waals surface area contributed by atoms with E-state index in [2.05, 4.69) is 0 Å². The number of fused-ring (bicyclic) bond motifs is 1. The summed E-state index contributed by atoms with van der Waals surface area (Å²) in [6.45, 7) is -0.908. The molecule has 1 aliphatic carbocycles. The van der Waals surface area contributed by atoms with Crippen LogP contribution in [0.1, 0.15) is 30.1 Å².